The van der Waals surface area contributed by atoms with E-state index in [1.54, 1.807) is 36.7 Å². The third-order valence-corrected chi connectivity index (χ3v) is 5.59. The third kappa shape index (κ3) is 6.13. The number of nitrogens with zero attached hydrogens (tertiary/aromatic N) is 2. The molecule has 0 aliphatic rings. The lowest BCUT2D eigenvalue weighted by Crippen LogP contribution is -2.29. The highest BCUT2D eigenvalue weighted by Gasteiger charge is 2.18. The molecule has 3 aromatic rings. The van der Waals surface area contributed by atoms with Crippen molar-refractivity contribution in [1.82, 2.24) is 9.29 Å². The van der Waals surface area contributed by atoms with Gasteiger partial charge in [-0.15, -0.1) is 0 Å². The maximum atomic E-state index is 12.3. The molecule has 0 radical (unpaired) electrons. The van der Waals surface area contributed by atoms with E-state index in [1.165, 1.54) is 10.6 Å². The summed E-state index contributed by atoms with van der Waals surface area (Å²) in [6, 6.07) is 18.3. The van der Waals surface area contributed by atoms with Crippen LogP contribution in [0.25, 0.3) is 11.1 Å². The van der Waals surface area contributed by atoms with Crippen LogP contribution in [0.2, 0.25) is 0 Å². The fraction of sp³-hybridized carbons (Fsp3) is 0.182. The van der Waals surface area contributed by atoms with Crippen molar-refractivity contribution in [3.05, 3.63) is 84.2 Å². The van der Waals surface area contributed by atoms with Gasteiger partial charge in [-0.3, -0.25) is 4.98 Å². The van der Waals surface area contributed by atoms with Gasteiger partial charge in [0.2, 0.25) is 10.0 Å². The average molecular weight is 426 g/mol. The number of carbonyl (C=O) groups is 1. The summed E-state index contributed by atoms with van der Waals surface area (Å²) in [6.07, 6.45) is 4.66. The van der Waals surface area contributed by atoms with Crippen LogP contribution in [-0.2, 0) is 27.9 Å². The van der Waals surface area contributed by atoms with E-state index in [-0.39, 0.29) is 13.1 Å². The molecule has 0 spiro atoms. The molecule has 1 heterocycles. The van der Waals surface area contributed by atoms with E-state index in [2.05, 4.69) is 4.98 Å². The number of benzene rings is 2. The highest BCUT2D eigenvalue weighted by molar-refractivity contribution is 7.88. The first-order valence-electron chi connectivity index (χ1n) is 9.19. The Balaban J connectivity index is 1.74. The van der Waals surface area contributed by atoms with Gasteiger partial charge < -0.3 is 9.84 Å². The van der Waals surface area contributed by atoms with Gasteiger partial charge in [-0.1, -0.05) is 42.5 Å². The molecule has 30 heavy (non-hydrogen) atoms. The van der Waals surface area contributed by atoms with Crippen molar-refractivity contribution in [3.63, 3.8) is 0 Å². The number of rotatable bonds is 9. The van der Waals surface area contributed by atoms with E-state index in [0.717, 1.165) is 16.7 Å². The van der Waals surface area contributed by atoms with Crippen molar-refractivity contribution >= 4 is 16.0 Å². The van der Waals surface area contributed by atoms with E-state index in [9.17, 15) is 13.2 Å². The maximum absolute atomic E-state index is 12.3. The average Bonchev–Trinajstić information content (AvgIpc) is 2.73. The van der Waals surface area contributed by atoms with E-state index < -0.39 is 22.6 Å². The van der Waals surface area contributed by atoms with E-state index in [4.69, 9.17) is 9.84 Å². The predicted octanol–water partition coefficient (Wildman–Crippen LogP) is 3.17. The Bertz CT molecular complexity index is 1100. The van der Waals surface area contributed by atoms with E-state index in [0.29, 0.717) is 11.3 Å². The van der Waals surface area contributed by atoms with E-state index in [1.807, 2.05) is 36.4 Å². The molecule has 0 atom stereocenters. The Morgan fingerprint density at radius 1 is 1.00 bits per heavy atom. The van der Waals surface area contributed by atoms with Crippen LogP contribution >= 0.6 is 0 Å². The van der Waals surface area contributed by atoms with Gasteiger partial charge in [0.05, 0.1) is 6.26 Å². The number of aromatic nitrogens is 1. The first-order valence-corrected chi connectivity index (χ1v) is 11.0. The monoisotopic (exact) mass is 426 g/mol. The summed E-state index contributed by atoms with van der Waals surface area (Å²) in [5, 5.41) is 8.74. The summed E-state index contributed by atoms with van der Waals surface area (Å²) in [7, 11) is -3.47. The molecule has 1 aromatic heterocycles. The molecular weight excluding hydrogens is 404 g/mol. The van der Waals surface area contributed by atoms with Crippen molar-refractivity contribution in [2.75, 3.05) is 12.9 Å². The van der Waals surface area contributed by atoms with Gasteiger partial charge in [-0.2, -0.15) is 4.31 Å². The minimum Gasteiger partial charge on any atom is -0.482 e. The summed E-state index contributed by atoms with van der Waals surface area (Å²) >= 11 is 0. The van der Waals surface area contributed by atoms with Gasteiger partial charge in [0.1, 0.15) is 5.75 Å². The zero-order chi connectivity index (χ0) is 21.6. The molecule has 0 bridgehead atoms. The summed E-state index contributed by atoms with van der Waals surface area (Å²) in [4.78, 5) is 14.8. The summed E-state index contributed by atoms with van der Waals surface area (Å²) in [5.41, 5.74) is 3.55. The molecule has 0 fully saturated rings. The molecule has 0 amide bonds. The van der Waals surface area contributed by atoms with Crippen LogP contribution in [0.1, 0.15) is 11.1 Å². The van der Waals surface area contributed by atoms with Crippen molar-refractivity contribution in [2.24, 2.45) is 0 Å². The SMILES string of the molecule is CS(=O)(=O)N(Cc1ccc(-c2cccnc2)cc1)Cc1cccc(OCC(=O)O)c1. The third-order valence-electron chi connectivity index (χ3n) is 4.40. The maximum Gasteiger partial charge on any atom is 0.341 e. The summed E-state index contributed by atoms with van der Waals surface area (Å²) < 4.78 is 31.2. The Morgan fingerprint density at radius 3 is 2.37 bits per heavy atom. The number of ether oxygens (including phenoxy) is 1. The molecule has 156 valence electrons. The lowest BCUT2D eigenvalue weighted by Gasteiger charge is -2.20. The van der Waals surface area contributed by atoms with Crippen LogP contribution in [0, 0.1) is 0 Å². The van der Waals surface area contributed by atoms with Crippen molar-refractivity contribution < 1.29 is 23.1 Å². The standard InChI is InChI=1S/C22H22N2O5S/c1-30(27,28)24(15-18-4-2-6-21(12-18)29-16-22(25)26)14-17-7-9-19(10-8-17)20-5-3-11-23-13-20/h2-13H,14-16H2,1H3,(H,25,26). The molecule has 7 nitrogen and oxygen atoms in total. The number of carboxylic acid groups (broad SMARTS) is 1. The minimum atomic E-state index is -3.47. The van der Waals surface area contributed by atoms with Crippen LogP contribution in [0.4, 0.5) is 0 Å². The van der Waals surface area contributed by atoms with Crippen LogP contribution < -0.4 is 4.74 Å². The molecule has 8 heteroatoms. The molecule has 0 unspecified atom stereocenters. The van der Waals surface area contributed by atoms with E-state index >= 15 is 0 Å². The Morgan fingerprint density at radius 2 is 1.73 bits per heavy atom. The van der Waals surface area contributed by atoms with Gasteiger partial charge in [0.25, 0.3) is 0 Å². The number of sulfonamides is 1. The molecular formula is C22H22N2O5S. The van der Waals surface area contributed by atoms with Gasteiger partial charge in [-0.05, 0) is 40.5 Å². The largest absolute Gasteiger partial charge is 0.482 e. The molecule has 0 aliphatic carbocycles. The quantitative estimate of drug-likeness (QED) is 0.565. The van der Waals surface area contributed by atoms with Gasteiger partial charge >= 0.3 is 5.97 Å². The Labute approximate surface area is 175 Å². The molecule has 2 aromatic carbocycles. The number of hydrogen-bond donors (Lipinski definition) is 1. The van der Waals surface area contributed by atoms with Gasteiger partial charge in [0, 0.05) is 25.5 Å². The Hall–Kier alpha value is -3.23. The number of hydrogen-bond acceptors (Lipinski definition) is 5. The normalized spacial score (nSPS) is 11.4. The topological polar surface area (TPSA) is 96.8 Å². The summed E-state index contributed by atoms with van der Waals surface area (Å²) in [5.74, 6) is -0.697. The second-order valence-electron chi connectivity index (χ2n) is 6.80. The molecule has 0 saturated heterocycles. The Kier molecular flexibility index (Phi) is 6.81. The number of pyridine rings is 1. The second kappa shape index (κ2) is 9.51. The van der Waals surface area contributed by atoms with Gasteiger partial charge in [-0.25, -0.2) is 13.2 Å². The molecule has 1 N–H and O–H groups in total. The number of aliphatic carboxylic acids is 1. The van der Waals surface area contributed by atoms with Crippen molar-refractivity contribution in [2.45, 2.75) is 13.1 Å². The highest BCUT2D eigenvalue weighted by Crippen LogP contribution is 2.21. The first-order chi connectivity index (χ1) is 14.3. The van der Waals surface area contributed by atoms with Crippen LogP contribution in [0.15, 0.2) is 73.1 Å². The van der Waals surface area contributed by atoms with Crippen molar-refractivity contribution in [1.29, 1.82) is 0 Å². The summed E-state index contributed by atoms with van der Waals surface area (Å²) in [6.45, 7) is -0.0949. The fourth-order valence-electron chi connectivity index (χ4n) is 2.91. The van der Waals surface area contributed by atoms with Crippen LogP contribution in [0.3, 0.4) is 0 Å². The molecule has 3 rings (SSSR count). The van der Waals surface area contributed by atoms with Crippen molar-refractivity contribution in [3.8, 4) is 16.9 Å². The number of carboxylic acids is 1. The molecule has 0 aliphatic heterocycles. The fourth-order valence-corrected chi connectivity index (χ4v) is 3.68. The smallest absolute Gasteiger partial charge is 0.341 e. The zero-order valence-corrected chi connectivity index (χ0v) is 17.2. The van der Waals surface area contributed by atoms with Gasteiger partial charge in [0.15, 0.2) is 6.61 Å². The van der Waals surface area contributed by atoms with Crippen LogP contribution in [0.5, 0.6) is 5.75 Å². The minimum absolute atomic E-state index is 0.146. The second-order valence-corrected chi connectivity index (χ2v) is 8.78. The van der Waals surface area contributed by atoms with Crippen LogP contribution in [-0.4, -0.2) is 41.6 Å². The predicted molar refractivity (Wildman–Crippen MR) is 113 cm³/mol. The lowest BCUT2D eigenvalue weighted by molar-refractivity contribution is -0.139. The lowest BCUT2D eigenvalue weighted by atomic mass is 10.1. The molecule has 0 saturated carbocycles. The zero-order valence-electron chi connectivity index (χ0n) is 16.4. The highest BCUT2D eigenvalue weighted by atomic mass is 32.2. The first kappa shape index (κ1) is 21.5.